The van der Waals surface area contributed by atoms with Crippen molar-refractivity contribution in [3.05, 3.63) is 0 Å². The summed E-state index contributed by atoms with van der Waals surface area (Å²) < 4.78 is 5.05. The molecule has 1 unspecified atom stereocenters. The third-order valence-corrected chi connectivity index (χ3v) is 1.42. The molecule has 0 spiro atoms. The zero-order valence-electron chi connectivity index (χ0n) is 7.00. The lowest BCUT2D eigenvalue weighted by Crippen LogP contribution is -2.26. The van der Waals surface area contributed by atoms with Crippen LogP contribution in [-0.4, -0.2) is 19.1 Å². The van der Waals surface area contributed by atoms with Gasteiger partial charge in [0.15, 0.2) is 0 Å². The Kier molecular flexibility index (Phi) is 9.47. The number of nitrogens with two attached hydrogens (primary N) is 1. The number of ether oxygens (including phenoxy) is 1. The summed E-state index contributed by atoms with van der Waals surface area (Å²) >= 11 is 0. The van der Waals surface area contributed by atoms with Gasteiger partial charge in [-0.15, -0.1) is 12.4 Å². The Morgan fingerprint density at radius 3 is 2.36 bits per heavy atom. The molecule has 0 fully saturated rings. The second kappa shape index (κ2) is 7.82. The summed E-state index contributed by atoms with van der Waals surface area (Å²) in [5, 5.41) is 0. The predicted octanol–water partition coefficient (Wildman–Crippen LogP) is 0.956. The summed E-state index contributed by atoms with van der Waals surface area (Å²) in [5.74, 6) is -0.379. The molecular weight excluding hydrogens is 166 g/mol. The topological polar surface area (TPSA) is 52.3 Å². The number of halogens is 1. The van der Waals surface area contributed by atoms with E-state index < -0.39 is 0 Å². The second-order valence-electron chi connectivity index (χ2n) is 2.17. The fraction of sp³-hybridized carbons (Fsp3) is 0.857. The van der Waals surface area contributed by atoms with Crippen LogP contribution in [0.3, 0.4) is 0 Å². The molecule has 1 amide bonds. The van der Waals surface area contributed by atoms with Gasteiger partial charge in [-0.05, 0) is 13.3 Å². The quantitative estimate of drug-likeness (QED) is 0.687. The van der Waals surface area contributed by atoms with Gasteiger partial charge in [-0.2, -0.15) is 0 Å². The number of primary amides is 1. The van der Waals surface area contributed by atoms with Crippen LogP contribution in [0.2, 0.25) is 0 Å². The van der Waals surface area contributed by atoms with Gasteiger partial charge in [0.05, 0.1) is 12.5 Å². The van der Waals surface area contributed by atoms with Crippen molar-refractivity contribution >= 4 is 18.3 Å². The lowest BCUT2D eigenvalue weighted by Gasteiger charge is -2.09. The fourth-order valence-corrected chi connectivity index (χ4v) is 0.661. The number of rotatable bonds is 5. The number of hydrogen-bond donors (Lipinski definition) is 1. The highest BCUT2D eigenvalue weighted by Crippen LogP contribution is 2.00. The first-order valence-electron chi connectivity index (χ1n) is 3.59. The van der Waals surface area contributed by atoms with Gasteiger partial charge >= 0.3 is 0 Å². The first kappa shape index (κ1) is 13.3. The van der Waals surface area contributed by atoms with Crippen molar-refractivity contribution in [1.29, 1.82) is 0 Å². The van der Waals surface area contributed by atoms with Crippen molar-refractivity contribution in [3.8, 4) is 0 Å². The third kappa shape index (κ3) is 6.13. The van der Waals surface area contributed by atoms with E-state index in [4.69, 9.17) is 10.5 Å². The van der Waals surface area contributed by atoms with Crippen LogP contribution in [0, 0.1) is 5.92 Å². The van der Waals surface area contributed by atoms with Crippen LogP contribution in [-0.2, 0) is 9.53 Å². The van der Waals surface area contributed by atoms with E-state index in [0.29, 0.717) is 13.2 Å². The van der Waals surface area contributed by atoms with Crippen LogP contribution in [0.4, 0.5) is 0 Å². The molecule has 4 heteroatoms. The average Bonchev–Trinajstić information content (AvgIpc) is 1.89. The fourth-order valence-electron chi connectivity index (χ4n) is 0.661. The number of amides is 1. The van der Waals surface area contributed by atoms with Crippen LogP contribution in [0.15, 0.2) is 0 Å². The lowest BCUT2D eigenvalue weighted by atomic mass is 10.1. The summed E-state index contributed by atoms with van der Waals surface area (Å²) in [6.45, 7) is 4.92. The molecule has 0 bridgehead atoms. The molecule has 2 N–H and O–H groups in total. The minimum absolute atomic E-state index is 0. The van der Waals surface area contributed by atoms with Crippen molar-refractivity contribution in [2.75, 3.05) is 13.2 Å². The molecule has 0 saturated carbocycles. The predicted molar refractivity (Wildman–Crippen MR) is 46.7 cm³/mol. The summed E-state index contributed by atoms with van der Waals surface area (Å²) in [7, 11) is 0. The maximum Gasteiger partial charge on any atom is 0.222 e. The zero-order chi connectivity index (χ0) is 7.98. The van der Waals surface area contributed by atoms with Crippen LogP contribution < -0.4 is 5.73 Å². The molecule has 0 aromatic rings. The van der Waals surface area contributed by atoms with Crippen molar-refractivity contribution in [2.45, 2.75) is 20.3 Å². The first-order chi connectivity index (χ1) is 4.72. The smallest absolute Gasteiger partial charge is 0.222 e. The Bertz CT molecular complexity index is 109. The van der Waals surface area contributed by atoms with E-state index >= 15 is 0 Å². The van der Waals surface area contributed by atoms with Gasteiger partial charge in [0.1, 0.15) is 0 Å². The monoisotopic (exact) mass is 181 g/mol. The summed E-state index contributed by atoms with van der Waals surface area (Å²) in [4.78, 5) is 10.6. The molecule has 1 atom stereocenters. The van der Waals surface area contributed by atoms with Crippen molar-refractivity contribution < 1.29 is 9.53 Å². The van der Waals surface area contributed by atoms with Gasteiger partial charge in [-0.1, -0.05) is 6.92 Å². The maximum atomic E-state index is 10.6. The van der Waals surface area contributed by atoms with Gasteiger partial charge in [-0.3, -0.25) is 4.79 Å². The summed E-state index contributed by atoms with van der Waals surface area (Å²) in [6, 6.07) is 0. The van der Waals surface area contributed by atoms with E-state index in [1.54, 1.807) is 0 Å². The molecule has 0 rings (SSSR count). The minimum Gasteiger partial charge on any atom is -0.381 e. The number of carbonyl (C=O) groups is 1. The van der Waals surface area contributed by atoms with Crippen molar-refractivity contribution in [2.24, 2.45) is 11.7 Å². The van der Waals surface area contributed by atoms with Gasteiger partial charge < -0.3 is 10.5 Å². The number of carbonyl (C=O) groups excluding carboxylic acids is 1. The molecule has 0 heterocycles. The molecule has 3 nitrogen and oxygen atoms in total. The molecule has 0 aliphatic heterocycles. The van der Waals surface area contributed by atoms with Crippen LogP contribution in [0.5, 0.6) is 0 Å². The number of hydrogen-bond acceptors (Lipinski definition) is 2. The standard InChI is InChI=1S/C7H15NO2.ClH/c1-3-6(7(8)9)5-10-4-2;/h6H,3-5H2,1-2H3,(H2,8,9);1H. The zero-order valence-corrected chi connectivity index (χ0v) is 7.82. The van der Waals surface area contributed by atoms with Gasteiger partial charge in [-0.25, -0.2) is 0 Å². The lowest BCUT2D eigenvalue weighted by molar-refractivity contribution is -0.123. The Labute approximate surface area is 73.7 Å². The Morgan fingerprint density at radius 2 is 2.09 bits per heavy atom. The molecule has 0 aliphatic carbocycles. The van der Waals surface area contributed by atoms with Crippen molar-refractivity contribution in [1.82, 2.24) is 0 Å². The van der Waals surface area contributed by atoms with E-state index in [0.717, 1.165) is 6.42 Å². The Morgan fingerprint density at radius 1 is 1.55 bits per heavy atom. The van der Waals surface area contributed by atoms with E-state index in [1.807, 2.05) is 13.8 Å². The maximum absolute atomic E-state index is 10.6. The van der Waals surface area contributed by atoms with E-state index in [-0.39, 0.29) is 24.2 Å². The Balaban J connectivity index is 0. The summed E-state index contributed by atoms with van der Waals surface area (Å²) in [6.07, 6.45) is 0.759. The van der Waals surface area contributed by atoms with Crippen LogP contribution >= 0.6 is 12.4 Å². The molecule has 0 aromatic heterocycles. The van der Waals surface area contributed by atoms with Gasteiger partial charge in [0, 0.05) is 6.61 Å². The highest BCUT2D eigenvalue weighted by molar-refractivity contribution is 5.85. The van der Waals surface area contributed by atoms with Crippen molar-refractivity contribution in [3.63, 3.8) is 0 Å². The SMILES string of the molecule is CCOCC(CC)C(N)=O.Cl. The third-order valence-electron chi connectivity index (χ3n) is 1.42. The second-order valence-corrected chi connectivity index (χ2v) is 2.17. The molecule has 68 valence electrons. The van der Waals surface area contributed by atoms with Gasteiger partial charge in [0.25, 0.3) is 0 Å². The molecule has 0 saturated heterocycles. The van der Waals surface area contributed by atoms with Gasteiger partial charge in [0.2, 0.25) is 5.91 Å². The normalized spacial score (nSPS) is 11.8. The Hall–Kier alpha value is -0.280. The van der Waals surface area contributed by atoms with E-state index in [2.05, 4.69) is 0 Å². The molecule has 0 aliphatic rings. The minimum atomic E-state index is -0.268. The largest absolute Gasteiger partial charge is 0.381 e. The van der Waals surface area contributed by atoms with Crippen LogP contribution in [0.1, 0.15) is 20.3 Å². The molecule has 11 heavy (non-hydrogen) atoms. The average molecular weight is 182 g/mol. The molecular formula is C7H16ClNO2. The van der Waals surface area contributed by atoms with E-state index in [1.165, 1.54) is 0 Å². The summed E-state index contributed by atoms with van der Waals surface area (Å²) in [5.41, 5.74) is 5.07. The highest BCUT2D eigenvalue weighted by atomic mass is 35.5. The molecule has 0 aromatic carbocycles. The first-order valence-corrected chi connectivity index (χ1v) is 3.59. The molecule has 0 radical (unpaired) electrons. The van der Waals surface area contributed by atoms with Crippen LogP contribution in [0.25, 0.3) is 0 Å². The van der Waals surface area contributed by atoms with E-state index in [9.17, 15) is 4.79 Å². The highest BCUT2D eigenvalue weighted by Gasteiger charge is 2.11.